The topological polar surface area (TPSA) is 58.0 Å². The number of nitrogens with zero attached hydrogens (tertiary/aromatic N) is 1. The average molecular weight is 192 g/mol. The van der Waals surface area contributed by atoms with E-state index in [-0.39, 0.29) is 17.5 Å². The van der Waals surface area contributed by atoms with Crippen LogP contribution in [0.4, 0.5) is 0 Å². The number of hydrogen-bond donors (Lipinski definition) is 2. The lowest BCUT2D eigenvalue weighted by molar-refractivity contribution is 0.474. The summed E-state index contributed by atoms with van der Waals surface area (Å²) >= 11 is 0. The average Bonchev–Trinajstić information content (AvgIpc) is 2.42. The van der Waals surface area contributed by atoms with E-state index in [2.05, 4.69) is 4.98 Å². The molecule has 1 aromatic heterocycles. The summed E-state index contributed by atoms with van der Waals surface area (Å²) in [5.74, 6) is 0.134. The van der Waals surface area contributed by atoms with Crippen LogP contribution in [0.2, 0.25) is 0 Å². The third-order valence-corrected chi connectivity index (χ3v) is 2.23. The zero-order valence-electron chi connectivity index (χ0n) is 8.11. The summed E-state index contributed by atoms with van der Waals surface area (Å²) in [6.07, 6.45) is 0. The fourth-order valence-corrected chi connectivity index (χ4v) is 1.66. The first-order valence-electron chi connectivity index (χ1n) is 4.53. The van der Waals surface area contributed by atoms with E-state index < -0.39 is 0 Å². The molecule has 2 N–H and O–H groups in total. The molecule has 0 bridgehead atoms. The quantitative estimate of drug-likeness (QED) is 0.721. The summed E-state index contributed by atoms with van der Waals surface area (Å²) in [4.78, 5) is 14.2. The summed E-state index contributed by atoms with van der Waals surface area (Å²) in [5, 5.41) is 9.63. The van der Waals surface area contributed by atoms with Crippen LogP contribution in [0.1, 0.15) is 19.9 Å². The number of aromatic amines is 1. The summed E-state index contributed by atoms with van der Waals surface area (Å²) in [6, 6.07) is 5.09. The molecule has 0 fully saturated rings. The molecule has 0 saturated heterocycles. The van der Waals surface area contributed by atoms with E-state index >= 15 is 0 Å². The maximum Gasteiger partial charge on any atom is 0.326 e. The number of nitrogens with one attached hydrogen (secondary N) is 1. The molecule has 0 aliphatic heterocycles. The van der Waals surface area contributed by atoms with Gasteiger partial charge in [-0.3, -0.25) is 4.57 Å². The van der Waals surface area contributed by atoms with Gasteiger partial charge in [0.1, 0.15) is 11.3 Å². The molecular formula is C10H12N2O2. The molecule has 0 saturated carbocycles. The van der Waals surface area contributed by atoms with Gasteiger partial charge in [-0.25, -0.2) is 4.79 Å². The Kier molecular flexibility index (Phi) is 1.84. The Morgan fingerprint density at radius 3 is 2.79 bits per heavy atom. The van der Waals surface area contributed by atoms with Crippen molar-refractivity contribution in [3.8, 4) is 5.75 Å². The van der Waals surface area contributed by atoms with E-state index in [4.69, 9.17) is 0 Å². The third kappa shape index (κ3) is 1.11. The van der Waals surface area contributed by atoms with E-state index in [1.807, 2.05) is 13.8 Å². The van der Waals surface area contributed by atoms with E-state index in [1.165, 1.54) is 0 Å². The number of aromatic hydroxyl groups is 1. The van der Waals surface area contributed by atoms with Crippen LogP contribution in [0.15, 0.2) is 23.0 Å². The van der Waals surface area contributed by atoms with Gasteiger partial charge >= 0.3 is 5.69 Å². The molecule has 4 nitrogen and oxygen atoms in total. The number of benzene rings is 1. The van der Waals surface area contributed by atoms with Crippen molar-refractivity contribution in [2.75, 3.05) is 0 Å². The maximum absolute atomic E-state index is 11.5. The molecule has 0 atom stereocenters. The van der Waals surface area contributed by atoms with Gasteiger partial charge in [-0.2, -0.15) is 0 Å². The first-order chi connectivity index (χ1) is 6.61. The van der Waals surface area contributed by atoms with Crippen molar-refractivity contribution in [1.82, 2.24) is 9.55 Å². The molecule has 14 heavy (non-hydrogen) atoms. The highest BCUT2D eigenvalue weighted by atomic mass is 16.3. The van der Waals surface area contributed by atoms with Gasteiger partial charge in [0.25, 0.3) is 0 Å². The predicted octanol–water partition coefficient (Wildman–Crippen LogP) is 1.62. The highest BCUT2D eigenvalue weighted by Crippen LogP contribution is 2.23. The number of rotatable bonds is 1. The second-order valence-corrected chi connectivity index (χ2v) is 3.57. The van der Waals surface area contributed by atoms with Gasteiger partial charge < -0.3 is 10.1 Å². The minimum Gasteiger partial charge on any atom is -0.506 e. The number of phenols is 1. The first-order valence-corrected chi connectivity index (χ1v) is 4.53. The van der Waals surface area contributed by atoms with E-state index in [9.17, 15) is 9.90 Å². The molecule has 1 aromatic carbocycles. The Morgan fingerprint density at radius 1 is 1.43 bits per heavy atom. The fraction of sp³-hybridized carbons (Fsp3) is 0.300. The smallest absolute Gasteiger partial charge is 0.326 e. The summed E-state index contributed by atoms with van der Waals surface area (Å²) in [7, 11) is 0. The number of para-hydroxylation sites is 1. The monoisotopic (exact) mass is 192 g/mol. The summed E-state index contributed by atoms with van der Waals surface area (Å²) in [5.41, 5.74) is 1.06. The summed E-state index contributed by atoms with van der Waals surface area (Å²) < 4.78 is 1.55. The highest BCUT2D eigenvalue weighted by molar-refractivity contribution is 5.81. The Labute approximate surface area is 80.8 Å². The first kappa shape index (κ1) is 8.87. The van der Waals surface area contributed by atoms with Crippen molar-refractivity contribution in [2.45, 2.75) is 19.9 Å². The van der Waals surface area contributed by atoms with Crippen molar-refractivity contribution in [2.24, 2.45) is 0 Å². The Bertz CT molecular complexity index is 522. The van der Waals surface area contributed by atoms with Gasteiger partial charge in [0, 0.05) is 6.04 Å². The van der Waals surface area contributed by atoms with Crippen LogP contribution in [0.3, 0.4) is 0 Å². The van der Waals surface area contributed by atoms with Gasteiger partial charge in [-0.1, -0.05) is 6.07 Å². The summed E-state index contributed by atoms with van der Waals surface area (Å²) in [6.45, 7) is 3.81. The van der Waals surface area contributed by atoms with Crippen LogP contribution in [0, 0.1) is 0 Å². The Hall–Kier alpha value is -1.71. The minimum absolute atomic E-state index is 0.0320. The fourth-order valence-electron chi connectivity index (χ4n) is 1.66. The molecule has 1 heterocycles. The maximum atomic E-state index is 11.5. The van der Waals surface area contributed by atoms with Crippen LogP contribution in [0.25, 0.3) is 11.0 Å². The van der Waals surface area contributed by atoms with Gasteiger partial charge in [0.05, 0.1) is 5.52 Å². The second-order valence-electron chi connectivity index (χ2n) is 3.57. The van der Waals surface area contributed by atoms with Crippen molar-refractivity contribution < 1.29 is 5.11 Å². The molecule has 0 aliphatic rings. The number of imidazole rings is 1. The number of phenolic OH excluding ortho intramolecular Hbond substituents is 1. The van der Waals surface area contributed by atoms with Crippen LogP contribution < -0.4 is 5.69 Å². The lowest BCUT2D eigenvalue weighted by Crippen LogP contribution is -2.18. The van der Waals surface area contributed by atoms with Crippen LogP contribution in [-0.2, 0) is 0 Å². The van der Waals surface area contributed by atoms with E-state index in [0.717, 1.165) is 0 Å². The zero-order chi connectivity index (χ0) is 10.3. The van der Waals surface area contributed by atoms with E-state index in [1.54, 1.807) is 22.8 Å². The van der Waals surface area contributed by atoms with Crippen molar-refractivity contribution in [1.29, 1.82) is 0 Å². The molecule has 74 valence electrons. The van der Waals surface area contributed by atoms with Crippen LogP contribution in [0.5, 0.6) is 5.75 Å². The lowest BCUT2D eigenvalue weighted by atomic mass is 10.2. The molecule has 4 heteroatoms. The van der Waals surface area contributed by atoms with Gasteiger partial charge in [-0.05, 0) is 26.0 Å². The molecule has 0 unspecified atom stereocenters. The highest BCUT2D eigenvalue weighted by Gasteiger charge is 2.11. The van der Waals surface area contributed by atoms with Crippen LogP contribution >= 0.6 is 0 Å². The lowest BCUT2D eigenvalue weighted by Gasteiger charge is -2.07. The van der Waals surface area contributed by atoms with Crippen molar-refractivity contribution in [3.63, 3.8) is 0 Å². The molecule has 2 aromatic rings. The second kappa shape index (κ2) is 2.90. The van der Waals surface area contributed by atoms with Crippen molar-refractivity contribution >= 4 is 11.0 Å². The molecular weight excluding hydrogens is 180 g/mol. The van der Waals surface area contributed by atoms with Gasteiger partial charge in [0.2, 0.25) is 0 Å². The zero-order valence-corrected chi connectivity index (χ0v) is 8.11. The molecule has 0 amide bonds. The normalized spacial score (nSPS) is 11.4. The molecule has 0 spiro atoms. The van der Waals surface area contributed by atoms with Crippen LogP contribution in [-0.4, -0.2) is 14.7 Å². The van der Waals surface area contributed by atoms with E-state index in [0.29, 0.717) is 11.0 Å². The number of fused-ring (bicyclic) bond motifs is 1. The predicted molar refractivity (Wildman–Crippen MR) is 54.6 cm³/mol. The number of aromatic nitrogens is 2. The molecule has 0 aliphatic carbocycles. The standard InChI is InChI=1S/C10H12N2O2/c1-6(2)12-9-7(11-10(12)14)4-3-5-8(9)13/h3-6,13H,1-2H3,(H,11,14). The SMILES string of the molecule is CC(C)n1c(=O)[nH]c2cccc(O)c21. The van der Waals surface area contributed by atoms with Crippen molar-refractivity contribution in [3.05, 3.63) is 28.7 Å². The molecule has 0 radical (unpaired) electrons. The Balaban J connectivity index is 2.94. The third-order valence-electron chi connectivity index (χ3n) is 2.23. The largest absolute Gasteiger partial charge is 0.506 e. The van der Waals surface area contributed by atoms with Gasteiger partial charge in [0.15, 0.2) is 0 Å². The minimum atomic E-state index is -0.184. The van der Waals surface area contributed by atoms with Gasteiger partial charge in [-0.15, -0.1) is 0 Å². The molecule has 2 rings (SSSR count). The number of hydrogen-bond acceptors (Lipinski definition) is 2. The Morgan fingerprint density at radius 2 is 2.14 bits per heavy atom. The number of H-pyrrole nitrogens is 1.